The van der Waals surface area contributed by atoms with E-state index in [2.05, 4.69) is 54.4 Å². The Morgan fingerprint density at radius 1 is 1.07 bits per heavy atom. The lowest BCUT2D eigenvalue weighted by Crippen LogP contribution is -2.22. The first-order valence-corrected chi connectivity index (χ1v) is 10.5. The second-order valence-electron chi connectivity index (χ2n) is 7.65. The van der Waals surface area contributed by atoms with Gasteiger partial charge in [-0.25, -0.2) is 0 Å². The fraction of sp³-hybridized carbons (Fsp3) is 0.364. The van der Waals surface area contributed by atoms with E-state index in [4.69, 9.17) is 0 Å². The minimum absolute atomic E-state index is 0.227. The summed E-state index contributed by atoms with van der Waals surface area (Å²) in [6.45, 7) is 8.43. The molecule has 1 fully saturated rings. The molecule has 1 N–H and O–H groups in total. The smallest absolute Gasteiger partial charge is 0.221 e. The van der Waals surface area contributed by atoms with E-state index in [1.807, 2.05) is 36.2 Å². The molecule has 1 aromatic heterocycles. The maximum absolute atomic E-state index is 11.0. The van der Waals surface area contributed by atoms with Crippen LogP contribution in [0.1, 0.15) is 42.5 Å². The fourth-order valence-corrected chi connectivity index (χ4v) is 4.18. The normalized spacial score (nSPS) is 15.1. The van der Waals surface area contributed by atoms with Crippen LogP contribution >= 0.6 is 11.8 Å². The van der Waals surface area contributed by atoms with Gasteiger partial charge in [0.2, 0.25) is 5.88 Å². The van der Waals surface area contributed by atoms with Crippen molar-refractivity contribution in [2.24, 2.45) is 10.2 Å². The number of hydrogen-bond donors (Lipinski definition) is 1. The van der Waals surface area contributed by atoms with E-state index >= 15 is 0 Å². The summed E-state index contributed by atoms with van der Waals surface area (Å²) in [5, 5.41) is 21.0. The van der Waals surface area contributed by atoms with Crippen molar-refractivity contribution in [1.82, 2.24) is 4.57 Å². The predicted molar refractivity (Wildman–Crippen MR) is 114 cm³/mol. The lowest BCUT2D eigenvalue weighted by atomic mass is 10.0. The number of rotatable bonds is 4. The number of aromatic hydroxyl groups is 1. The van der Waals surface area contributed by atoms with Crippen molar-refractivity contribution in [3.8, 4) is 5.88 Å². The van der Waals surface area contributed by atoms with Crippen LogP contribution in [0.4, 0.5) is 11.4 Å². The Kier molecular flexibility index (Phi) is 4.72. The molecule has 4 rings (SSSR count). The van der Waals surface area contributed by atoms with Crippen LogP contribution in [-0.2, 0) is 0 Å². The minimum Gasteiger partial charge on any atom is -0.493 e. The molecule has 0 bridgehead atoms. The van der Waals surface area contributed by atoms with Gasteiger partial charge in [-0.05, 0) is 54.7 Å². The third kappa shape index (κ3) is 3.25. The number of aryl methyl sites for hydroxylation is 2. The Hall–Kier alpha value is -2.27. The van der Waals surface area contributed by atoms with Gasteiger partial charge in [0, 0.05) is 16.9 Å². The number of aromatic nitrogens is 1. The number of fused-ring (bicyclic) bond motifs is 1. The summed E-state index contributed by atoms with van der Waals surface area (Å²) in [4.78, 5) is 0. The van der Waals surface area contributed by atoms with E-state index < -0.39 is 0 Å². The van der Waals surface area contributed by atoms with Crippen LogP contribution in [0.3, 0.4) is 0 Å². The summed E-state index contributed by atoms with van der Waals surface area (Å²) in [5.74, 6) is 2.70. The van der Waals surface area contributed by atoms with Crippen LogP contribution in [0.2, 0.25) is 0 Å². The van der Waals surface area contributed by atoms with Gasteiger partial charge in [0.25, 0.3) is 0 Å². The van der Waals surface area contributed by atoms with Gasteiger partial charge >= 0.3 is 0 Å². The molecule has 140 valence electrons. The monoisotopic (exact) mass is 379 g/mol. The van der Waals surface area contributed by atoms with Crippen LogP contribution in [-0.4, -0.2) is 21.2 Å². The molecule has 0 saturated carbocycles. The van der Waals surface area contributed by atoms with E-state index in [0.29, 0.717) is 17.6 Å². The summed E-state index contributed by atoms with van der Waals surface area (Å²) in [6.07, 6.45) is 0. The minimum atomic E-state index is 0.227. The zero-order chi connectivity index (χ0) is 19.1. The molecule has 0 atom stereocenters. The van der Waals surface area contributed by atoms with Crippen molar-refractivity contribution < 1.29 is 5.11 Å². The van der Waals surface area contributed by atoms with Gasteiger partial charge in [-0.15, -0.1) is 5.11 Å². The number of thioether (sulfide) groups is 1. The van der Waals surface area contributed by atoms with Crippen LogP contribution < -0.4 is 0 Å². The second-order valence-corrected chi connectivity index (χ2v) is 8.73. The Morgan fingerprint density at radius 3 is 2.52 bits per heavy atom. The number of hydrogen-bond acceptors (Lipinski definition) is 4. The molecule has 1 saturated heterocycles. The van der Waals surface area contributed by atoms with E-state index in [0.717, 1.165) is 39.2 Å². The van der Waals surface area contributed by atoms with Gasteiger partial charge in [-0.3, -0.25) is 0 Å². The molecule has 2 heterocycles. The summed E-state index contributed by atoms with van der Waals surface area (Å²) < 4.78 is 2.04. The summed E-state index contributed by atoms with van der Waals surface area (Å²) in [7, 11) is 0. The highest BCUT2D eigenvalue weighted by Crippen LogP contribution is 2.45. The second kappa shape index (κ2) is 7.04. The third-order valence-electron chi connectivity index (χ3n) is 5.25. The fourth-order valence-electron chi connectivity index (χ4n) is 3.43. The zero-order valence-corrected chi connectivity index (χ0v) is 17.0. The van der Waals surface area contributed by atoms with E-state index in [-0.39, 0.29) is 5.88 Å². The van der Waals surface area contributed by atoms with Gasteiger partial charge in [-0.2, -0.15) is 16.9 Å². The van der Waals surface area contributed by atoms with Gasteiger partial charge in [0.05, 0.1) is 17.2 Å². The largest absolute Gasteiger partial charge is 0.493 e. The van der Waals surface area contributed by atoms with E-state index in [9.17, 15) is 5.11 Å². The highest BCUT2D eigenvalue weighted by molar-refractivity contribution is 8.00. The van der Waals surface area contributed by atoms with E-state index in [1.54, 1.807) is 0 Å². The number of benzene rings is 2. The topological polar surface area (TPSA) is 49.9 Å². The lowest BCUT2D eigenvalue weighted by molar-refractivity contribution is 0.406. The molecule has 0 amide bonds. The Morgan fingerprint density at radius 2 is 1.85 bits per heavy atom. The highest BCUT2D eigenvalue weighted by atomic mass is 32.2. The molecular formula is C22H25N3OS. The lowest BCUT2D eigenvalue weighted by Gasteiger charge is -2.27. The van der Waals surface area contributed by atoms with Gasteiger partial charge < -0.3 is 9.67 Å². The van der Waals surface area contributed by atoms with Crippen molar-refractivity contribution >= 4 is 34.0 Å². The summed E-state index contributed by atoms with van der Waals surface area (Å²) in [5.41, 5.74) is 5.92. The van der Waals surface area contributed by atoms with Crippen molar-refractivity contribution in [3.63, 3.8) is 0 Å². The van der Waals surface area contributed by atoms with Crippen molar-refractivity contribution in [1.29, 1.82) is 0 Å². The number of azo groups is 1. The third-order valence-corrected chi connectivity index (χ3v) is 6.49. The molecule has 4 nitrogen and oxygen atoms in total. The highest BCUT2D eigenvalue weighted by Gasteiger charge is 2.27. The Labute approximate surface area is 164 Å². The molecule has 0 spiro atoms. The van der Waals surface area contributed by atoms with Gasteiger partial charge in [0.15, 0.2) is 5.69 Å². The van der Waals surface area contributed by atoms with Crippen molar-refractivity contribution in [3.05, 3.63) is 53.1 Å². The Bertz CT molecular complexity index is 1030. The standard InChI is InChI=1S/C22H25N3OS/c1-13(2)16-7-8-20-18(10-16)21(22(26)25(20)17-11-27-12-17)24-23-19-9-14(3)5-6-15(19)4/h5-10,13,17,26H,11-12H2,1-4H3. The molecule has 0 radical (unpaired) electrons. The molecule has 3 aromatic rings. The van der Waals surface area contributed by atoms with Crippen LogP contribution in [0, 0.1) is 13.8 Å². The van der Waals surface area contributed by atoms with Crippen molar-refractivity contribution in [2.45, 2.75) is 39.7 Å². The maximum atomic E-state index is 11.0. The molecule has 1 aliphatic rings. The Balaban J connectivity index is 1.87. The van der Waals surface area contributed by atoms with Crippen LogP contribution in [0.5, 0.6) is 5.88 Å². The van der Waals surface area contributed by atoms with Crippen LogP contribution in [0.15, 0.2) is 46.6 Å². The molecule has 0 unspecified atom stereocenters. The SMILES string of the molecule is Cc1ccc(C)c(N=Nc2c(O)n(C3CSC3)c3ccc(C(C)C)cc23)c1. The molecule has 0 aliphatic carbocycles. The molecule has 27 heavy (non-hydrogen) atoms. The molecule has 5 heteroatoms. The van der Waals surface area contributed by atoms with Crippen molar-refractivity contribution in [2.75, 3.05) is 11.5 Å². The summed E-state index contributed by atoms with van der Waals surface area (Å²) in [6, 6.07) is 12.9. The average molecular weight is 380 g/mol. The van der Waals surface area contributed by atoms with Gasteiger partial charge in [-0.1, -0.05) is 32.0 Å². The van der Waals surface area contributed by atoms with Gasteiger partial charge in [0.1, 0.15) is 0 Å². The maximum Gasteiger partial charge on any atom is 0.221 e. The van der Waals surface area contributed by atoms with Crippen LogP contribution in [0.25, 0.3) is 10.9 Å². The summed E-state index contributed by atoms with van der Waals surface area (Å²) >= 11 is 1.90. The number of nitrogens with zero attached hydrogens (tertiary/aromatic N) is 3. The first-order valence-electron chi connectivity index (χ1n) is 9.39. The van der Waals surface area contributed by atoms with E-state index in [1.165, 1.54) is 5.56 Å². The zero-order valence-electron chi connectivity index (χ0n) is 16.2. The quantitative estimate of drug-likeness (QED) is 0.507. The molecule has 2 aromatic carbocycles. The predicted octanol–water partition coefficient (Wildman–Crippen LogP) is 6.79. The first kappa shape index (κ1) is 18.1. The molecular weight excluding hydrogens is 354 g/mol. The average Bonchev–Trinajstić information content (AvgIpc) is 2.86. The first-order chi connectivity index (χ1) is 13.0. The molecule has 1 aliphatic heterocycles.